The number of nitrogens with two attached hydrogens (primary N) is 1. The fourth-order valence-corrected chi connectivity index (χ4v) is 1.32. The van der Waals surface area contributed by atoms with Crippen molar-refractivity contribution in [2.75, 3.05) is 6.54 Å². The van der Waals surface area contributed by atoms with Crippen molar-refractivity contribution in [1.29, 1.82) is 0 Å². The second-order valence-corrected chi connectivity index (χ2v) is 3.86. The van der Waals surface area contributed by atoms with Gasteiger partial charge in [0, 0.05) is 11.8 Å². The molecule has 0 amide bonds. The Kier molecular flexibility index (Phi) is 3.72. The lowest BCUT2D eigenvalue weighted by Gasteiger charge is -2.08. The van der Waals surface area contributed by atoms with Crippen molar-refractivity contribution in [2.45, 2.75) is 5.25 Å². The summed E-state index contributed by atoms with van der Waals surface area (Å²) in [5, 5.41) is 1.12. The molecule has 0 saturated carbocycles. The number of halogens is 2. The van der Waals surface area contributed by atoms with Gasteiger partial charge in [0.2, 0.25) is 0 Å². The molecule has 0 heterocycles. The molecule has 66 valence electrons. The Balaban J connectivity index is 2.96. The summed E-state index contributed by atoms with van der Waals surface area (Å²) >= 11 is 15.8. The molecule has 0 radical (unpaired) electrons. The first-order valence-corrected chi connectivity index (χ1v) is 4.75. The van der Waals surface area contributed by atoms with Crippen LogP contribution in [0.3, 0.4) is 0 Å². The van der Waals surface area contributed by atoms with Gasteiger partial charge in [-0.05, 0) is 17.7 Å². The molecule has 2 N–H and O–H groups in total. The summed E-state index contributed by atoms with van der Waals surface area (Å²) in [4.78, 5) is 0. The second kappa shape index (κ2) is 4.38. The quantitative estimate of drug-likeness (QED) is 0.739. The van der Waals surface area contributed by atoms with Crippen LogP contribution in [0.5, 0.6) is 0 Å². The lowest BCUT2D eigenvalue weighted by Crippen LogP contribution is -2.06. The standard InChI is InChI=1S/C8H9Cl2NS/c9-6-2-1-5(3-7(6)10)8(12)4-11/h1-3,8,12H,4,11H2. The van der Waals surface area contributed by atoms with Crippen LogP contribution in [-0.2, 0) is 0 Å². The Morgan fingerprint density at radius 2 is 2.00 bits per heavy atom. The van der Waals surface area contributed by atoms with E-state index in [9.17, 15) is 0 Å². The van der Waals surface area contributed by atoms with Gasteiger partial charge in [0.15, 0.2) is 0 Å². The molecular formula is C8H9Cl2NS. The minimum absolute atomic E-state index is 0.0276. The average Bonchev–Trinajstić information content (AvgIpc) is 2.08. The predicted molar refractivity (Wildman–Crippen MR) is 57.2 cm³/mol. The lowest BCUT2D eigenvalue weighted by molar-refractivity contribution is 0.949. The van der Waals surface area contributed by atoms with E-state index in [0.717, 1.165) is 5.56 Å². The largest absolute Gasteiger partial charge is 0.329 e. The Morgan fingerprint density at radius 1 is 1.33 bits per heavy atom. The highest BCUT2D eigenvalue weighted by Gasteiger charge is 2.05. The van der Waals surface area contributed by atoms with Gasteiger partial charge in [-0.1, -0.05) is 29.3 Å². The van der Waals surface area contributed by atoms with Crippen molar-refractivity contribution in [2.24, 2.45) is 5.73 Å². The highest BCUT2D eigenvalue weighted by atomic mass is 35.5. The van der Waals surface area contributed by atoms with Gasteiger partial charge >= 0.3 is 0 Å². The van der Waals surface area contributed by atoms with Gasteiger partial charge in [-0.2, -0.15) is 12.6 Å². The summed E-state index contributed by atoms with van der Waals surface area (Å²) in [6, 6.07) is 5.41. The fourth-order valence-electron chi connectivity index (χ4n) is 0.856. The topological polar surface area (TPSA) is 26.0 Å². The van der Waals surface area contributed by atoms with Gasteiger partial charge in [-0.3, -0.25) is 0 Å². The molecular weight excluding hydrogens is 213 g/mol. The maximum atomic E-state index is 5.81. The third-order valence-corrected chi connectivity index (χ3v) is 2.80. The smallest absolute Gasteiger partial charge is 0.0595 e. The molecule has 0 bridgehead atoms. The van der Waals surface area contributed by atoms with Crippen LogP contribution in [0.1, 0.15) is 10.8 Å². The normalized spacial score (nSPS) is 13.0. The molecule has 1 aromatic carbocycles. The minimum atomic E-state index is 0.0276. The molecule has 0 aromatic heterocycles. The van der Waals surface area contributed by atoms with E-state index in [0.29, 0.717) is 16.6 Å². The SMILES string of the molecule is NCC(S)c1ccc(Cl)c(Cl)c1. The van der Waals surface area contributed by atoms with Crippen LogP contribution in [0.25, 0.3) is 0 Å². The minimum Gasteiger partial charge on any atom is -0.329 e. The summed E-state index contributed by atoms with van der Waals surface area (Å²) in [6.07, 6.45) is 0. The van der Waals surface area contributed by atoms with Crippen LogP contribution in [0.2, 0.25) is 10.0 Å². The summed E-state index contributed by atoms with van der Waals surface area (Å²) in [7, 11) is 0. The zero-order valence-corrected chi connectivity index (χ0v) is 8.70. The molecule has 0 aliphatic heterocycles. The van der Waals surface area contributed by atoms with Crippen molar-refractivity contribution in [3.63, 3.8) is 0 Å². The molecule has 1 atom stereocenters. The van der Waals surface area contributed by atoms with E-state index in [1.54, 1.807) is 12.1 Å². The van der Waals surface area contributed by atoms with Gasteiger partial charge < -0.3 is 5.73 Å². The maximum Gasteiger partial charge on any atom is 0.0595 e. The third-order valence-electron chi connectivity index (χ3n) is 1.55. The van der Waals surface area contributed by atoms with Crippen molar-refractivity contribution < 1.29 is 0 Å². The second-order valence-electron chi connectivity index (χ2n) is 2.43. The number of rotatable bonds is 2. The van der Waals surface area contributed by atoms with Gasteiger partial charge in [0.25, 0.3) is 0 Å². The molecule has 0 aliphatic carbocycles. The van der Waals surface area contributed by atoms with E-state index in [1.807, 2.05) is 6.07 Å². The van der Waals surface area contributed by atoms with E-state index in [4.69, 9.17) is 28.9 Å². The maximum absolute atomic E-state index is 5.81. The first-order valence-electron chi connectivity index (χ1n) is 3.48. The predicted octanol–water partition coefficient (Wildman–Crippen LogP) is 2.92. The molecule has 0 saturated heterocycles. The molecule has 1 nitrogen and oxygen atoms in total. The summed E-state index contributed by atoms with van der Waals surface area (Å²) in [5.41, 5.74) is 6.44. The molecule has 0 aliphatic rings. The number of benzene rings is 1. The molecule has 4 heteroatoms. The van der Waals surface area contributed by atoms with Crippen molar-refractivity contribution in [3.8, 4) is 0 Å². The van der Waals surface area contributed by atoms with Crippen LogP contribution in [-0.4, -0.2) is 6.54 Å². The van der Waals surface area contributed by atoms with E-state index >= 15 is 0 Å². The summed E-state index contributed by atoms with van der Waals surface area (Å²) in [5.74, 6) is 0. The third kappa shape index (κ3) is 2.30. The Labute approximate surface area is 87.3 Å². The molecule has 1 aromatic rings. The van der Waals surface area contributed by atoms with E-state index < -0.39 is 0 Å². The molecule has 0 spiro atoms. The van der Waals surface area contributed by atoms with Crippen LogP contribution in [0.15, 0.2) is 18.2 Å². The van der Waals surface area contributed by atoms with E-state index in [1.165, 1.54) is 0 Å². The molecule has 0 fully saturated rings. The molecule has 1 unspecified atom stereocenters. The average molecular weight is 222 g/mol. The van der Waals surface area contributed by atoms with Gasteiger partial charge in [-0.25, -0.2) is 0 Å². The van der Waals surface area contributed by atoms with Gasteiger partial charge in [-0.15, -0.1) is 0 Å². The first-order chi connectivity index (χ1) is 5.65. The van der Waals surface area contributed by atoms with Crippen LogP contribution in [0.4, 0.5) is 0 Å². The van der Waals surface area contributed by atoms with E-state index in [2.05, 4.69) is 12.6 Å². The Morgan fingerprint density at radius 3 is 2.50 bits per heavy atom. The Bertz CT molecular complexity index is 278. The highest BCUT2D eigenvalue weighted by Crippen LogP contribution is 2.27. The number of thiol groups is 1. The number of hydrogen-bond donors (Lipinski definition) is 2. The van der Waals surface area contributed by atoms with E-state index in [-0.39, 0.29) is 5.25 Å². The zero-order valence-electron chi connectivity index (χ0n) is 6.30. The fraction of sp³-hybridized carbons (Fsp3) is 0.250. The lowest BCUT2D eigenvalue weighted by atomic mass is 10.1. The van der Waals surface area contributed by atoms with Crippen molar-refractivity contribution in [3.05, 3.63) is 33.8 Å². The van der Waals surface area contributed by atoms with Gasteiger partial charge in [0.05, 0.1) is 10.0 Å². The summed E-state index contributed by atoms with van der Waals surface area (Å²) in [6.45, 7) is 0.487. The van der Waals surface area contributed by atoms with Gasteiger partial charge in [0.1, 0.15) is 0 Å². The number of hydrogen-bond acceptors (Lipinski definition) is 2. The summed E-state index contributed by atoms with van der Waals surface area (Å²) < 4.78 is 0. The highest BCUT2D eigenvalue weighted by molar-refractivity contribution is 7.80. The van der Waals surface area contributed by atoms with Crippen molar-refractivity contribution in [1.82, 2.24) is 0 Å². The van der Waals surface area contributed by atoms with Crippen LogP contribution < -0.4 is 5.73 Å². The van der Waals surface area contributed by atoms with Crippen molar-refractivity contribution >= 4 is 35.8 Å². The molecule has 12 heavy (non-hydrogen) atoms. The Hall–Kier alpha value is 0.110. The van der Waals surface area contributed by atoms with Crippen LogP contribution >= 0.6 is 35.8 Å². The monoisotopic (exact) mass is 221 g/mol. The zero-order chi connectivity index (χ0) is 9.14. The van der Waals surface area contributed by atoms with Crippen LogP contribution in [0, 0.1) is 0 Å². The molecule has 1 rings (SSSR count). The first kappa shape index (κ1) is 10.2.